The maximum absolute atomic E-state index is 13.8. The van der Waals surface area contributed by atoms with E-state index in [2.05, 4.69) is 15.3 Å². The van der Waals surface area contributed by atoms with Crippen molar-refractivity contribution in [2.45, 2.75) is 55.5 Å². The molecule has 2 saturated carbocycles. The number of aldehydes is 1. The molecular formula is C32H34N6O2. The van der Waals surface area contributed by atoms with Crippen LogP contribution in [0.15, 0.2) is 106 Å². The van der Waals surface area contributed by atoms with Crippen LogP contribution in [0.3, 0.4) is 0 Å². The van der Waals surface area contributed by atoms with Crippen molar-refractivity contribution >= 4 is 17.8 Å². The number of nitrogens with one attached hydrogen (secondary N) is 2. The van der Waals surface area contributed by atoms with E-state index >= 15 is 0 Å². The van der Waals surface area contributed by atoms with Crippen molar-refractivity contribution in [3.63, 3.8) is 0 Å². The Morgan fingerprint density at radius 2 is 1.32 bits per heavy atom. The number of carbonyl (C=O) groups is 2. The minimum absolute atomic E-state index is 0.169. The van der Waals surface area contributed by atoms with E-state index in [4.69, 9.17) is 16.9 Å². The van der Waals surface area contributed by atoms with E-state index in [1.54, 1.807) is 0 Å². The minimum atomic E-state index is -1.11. The smallest absolute Gasteiger partial charge is 0.187 e. The Bertz CT molecular complexity index is 1360. The number of benzene rings is 3. The van der Waals surface area contributed by atoms with Gasteiger partial charge in [-0.3, -0.25) is 4.79 Å². The van der Waals surface area contributed by atoms with Crippen LogP contribution in [0.4, 0.5) is 0 Å². The average Bonchev–Trinajstić information content (AvgIpc) is 3.27. The number of nitrogens with zero attached hydrogens (tertiary/aromatic N) is 3. The number of Topliss-reactive ketones (excluding diaryl/α,β-unsaturated/α-hetero) is 1. The maximum Gasteiger partial charge on any atom is 0.187 e. The number of carbonyl (C=O) groups excluding carboxylic acids is 2. The number of nitrogens with two attached hydrogens (primary N) is 1. The first kappa shape index (κ1) is 27.2. The Kier molecular flexibility index (Phi) is 7.52. The first-order valence-corrected chi connectivity index (χ1v) is 13.7. The molecule has 2 unspecified atom stereocenters. The highest BCUT2D eigenvalue weighted by molar-refractivity contribution is 6.44. The highest BCUT2D eigenvalue weighted by Crippen LogP contribution is 2.61. The zero-order chi connectivity index (χ0) is 28.2. The monoisotopic (exact) mass is 534 g/mol. The average molecular weight is 535 g/mol. The van der Waals surface area contributed by atoms with Crippen LogP contribution in [0, 0.1) is 22.4 Å². The molecule has 8 heteroatoms. The summed E-state index contributed by atoms with van der Waals surface area (Å²) >= 11 is 0. The van der Waals surface area contributed by atoms with Gasteiger partial charge in [0, 0.05) is 18.3 Å². The predicted octanol–water partition coefficient (Wildman–Crippen LogP) is 6.57. The summed E-state index contributed by atoms with van der Waals surface area (Å²) < 4.78 is 0. The van der Waals surface area contributed by atoms with E-state index in [-0.39, 0.29) is 23.8 Å². The van der Waals surface area contributed by atoms with Gasteiger partial charge >= 0.3 is 0 Å². The van der Waals surface area contributed by atoms with Crippen LogP contribution < -0.4 is 5.84 Å². The Hall–Kier alpha value is -4.33. The van der Waals surface area contributed by atoms with Gasteiger partial charge in [-0.25, -0.2) is 11.1 Å². The van der Waals surface area contributed by atoms with E-state index in [0.717, 1.165) is 23.0 Å². The summed E-state index contributed by atoms with van der Waals surface area (Å²) in [4.78, 5) is 26.5. The molecule has 0 aromatic heterocycles. The van der Waals surface area contributed by atoms with Crippen LogP contribution in [0.2, 0.25) is 0 Å². The molecule has 2 fully saturated rings. The fraction of sp³-hybridized carbons (Fsp3) is 0.344. The number of hydrazone groups is 1. The van der Waals surface area contributed by atoms with Crippen LogP contribution in [0.25, 0.3) is 0 Å². The molecule has 40 heavy (non-hydrogen) atoms. The standard InChI is InChI=1S/C32H34N6O2/c33-36-27-21-32(38-35,26-14-8-3-9-15-26)31(29(27)40)18-16-30(37-34,17-19-31)20-25(22-39)28(23-10-4-1-5-11-23)24-12-6-2-7-13-24/h1-15,22,25,28,34-35H,16-21,33H2. The Morgan fingerprint density at radius 3 is 1.77 bits per heavy atom. The van der Waals surface area contributed by atoms with Crippen molar-refractivity contribution in [2.75, 3.05) is 0 Å². The summed E-state index contributed by atoms with van der Waals surface area (Å²) in [7, 11) is 0. The van der Waals surface area contributed by atoms with E-state index in [1.165, 1.54) is 0 Å². The number of hydrogen-bond donors (Lipinski definition) is 3. The molecule has 3 aromatic rings. The molecule has 0 amide bonds. The molecule has 0 aliphatic heterocycles. The number of rotatable bonds is 9. The fourth-order valence-electron chi connectivity index (χ4n) is 7.20. The molecule has 4 N–H and O–H groups in total. The van der Waals surface area contributed by atoms with Gasteiger partial charge in [-0.05, 0) is 48.8 Å². The van der Waals surface area contributed by atoms with Crippen molar-refractivity contribution in [3.05, 3.63) is 108 Å². The lowest BCUT2D eigenvalue weighted by Gasteiger charge is -2.48. The topological polar surface area (TPSA) is 145 Å². The molecule has 0 saturated heterocycles. The largest absolute Gasteiger partial charge is 0.323 e. The fourth-order valence-corrected chi connectivity index (χ4v) is 7.20. The zero-order valence-corrected chi connectivity index (χ0v) is 22.4. The van der Waals surface area contributed by atoms with Gasteiger partial charge in [0.2, 0.25) is 0 Å². The molecule has 2 atom stereocenters. The summed E-state index contributed by atoms with van der Waals surface area (Å²) in [5.41, 5.74) is 16.7. The summed E-state index contributed by atoms with van der Waals surface area (Å²) in [6.07, 6.45) is 3.13. The van der Waals surface area contributed by atoms with Crippen LogP contribution in [0.1, 0.15) is 61.1 Å². The Morgan fingerprint density at radius 1 is 0.800 bits per heavy atom. The van der Waals surface area contributed by atoms with Gasteiger partial charge in [-0.2, -0.15) is 15.3 Å². The van der Waals surface area contributed by atoms with E-state index in [1.807, 2.05) is 91.0 Å². The molecule has 204 valence electrons. The van der Waals surface area contributed by atoms with Crippen molar-refractivity contribution in [1.29, 1.82) is 11.1 Å². The second-order valence-electron chi connectivity index (χ2n) is 11.1. The first-order chi connectivity index (χ1) is 19.5. The molecule has 2 aliphatic rings. The Balaban J connectivity index is 1.49. The second kappa shape index (κ2) is 11.0. The van der Waals surface area contributed by atoms with Crippen LogP contribution in [0.5, 0.6) is 0 Å². The summed E-state index contributed by atoms with van der Waals surface area (Å²) in [6, 6.07) is 29.4. The van der Waals surface area contributed by atoms with Gasteiger partial charge in [0.15, 0.2) is 5.78 Å². The summed E-state index contributed by atoms with van der Waals surface area (Å²) in [6.45, 7) is 0. The molecule has 0 heterocycles. The quantitative estimate of drug-likeness (QED) is 0.124. The lowest BCUT2D eigenvalue weighted by molar-refractivity contribution is -0.127. The SMILES string of the molecule is N=NC1(CC(C=O)C(c2ccccc2)c2ccccc2)CCC2(CC1)C(=O)C(=NN)CC2(N=N)c1ccccc1. The predicted molar refractivity (Wildman–Crippen MR) is 152 cm³/mol. The van der Waals surface area contributed by atoms with Gasteiger partial charge in [0.05, 0.1) is 11.0 Å². The highest BCUT2D eigenvalue weighted by Gasteiger charge is 2.66. The van der Waals surface area contributed by atoms with Crippen LogP contribution in [-0.2, 0) is 15.1 Å². The molecule has 8 nitrogen and oxygen atoms in total. The van der Waals surface area contributed by atoms with Crippen molar-refractivity contribution in [3.8, 4) is 0 Å². The van der Waals surface area contributed by atoms with Gasteiger partial charge in [-0.15, -0.1) is 0 Å². The lowest BCUT2D eigenvalue weighted by atomic mass is 9.56. The van der Waals surface area contributed by atoms with E-state index < -0.39 is 22.4 Å². The van der Waals surface area contributed by atoms with E-state index in [0.29, 0.717) is 32.1 Å². The van der Waals surface area contributed by atoms with Crippen molar-refractivity contribution in [1.82, 2.24) is 0 Å². The van der Waals surface area contributed by atoms with Gasteiger partial charge in [0.1, 0.15) is 17.5 Å². The molecule has 3 aromatic carbocycles. The number of ketones is 1. The molecular weight excluding hydrogens is 500 g/mol. The van der Waals surface area contributed by atoms with Gasteiger partial charge in [0.25, 0.3) is 0 Å². The van der Waals surface area contributed by atoms with Crippen LogP contribution >= 0.6 is 0 Å². The lowest BCUT2D eigenvalue weighted by Crippen LogP contribution is -2.50. The third-order valence-electron chi connectivity index (χ3n) is 9.32. The normalized spacial score (nSPS) is 28.0. The van der Waals surface area contributed by atoms with Crippen molar-refractivity contribution < 1.29 is 9.59 Å². The summed E-state index contributed by atoms with van der Waals surface area (Å²) in [5.74, 6) is 4.87. The molecule has 0 radical (unpaired) electrons. The highest BCUT2D eigenvalue weighted by atomic mass is 16.1. The molecule has 5 rings (SSSR count). The number of hydrogen-bond acceptors (Lipinski definition) is 8. The van der Waals surface area contributed by atoms with Crippen LogP contribution in [-0.4, -0.2) is 23.3 Å². The molecule has 2 aliphatic carbocycles. The van der Waals surface area contributed by atoms with Gasteiger partial charge in [-0.1, -0.05) is 91.0 Å². The zero-order valence-electron chi connectivity index (χ0n) is 22.4. The summed E-state index contributed by atoms with van der Waals surface area (Å²) in [5, 5.41) is 12.1. The van der Waals surface area contributed by atoms with E-state index in [9.17, 15) is 9.59 Å². The van der Waals surface area contributed by atoms with Gasteiger partial charge < -0.3 is 10.6 Å². The first-order valence-electron chi connectivity index (χ1n) is 13.7. The second-order valence-corrected chi connectivity index (χ2v) is 11.1. The third kappa shape index (κ3) is 4.37. The Labute approximate surface area is 234 Å². The molecule has 1 spiro atoms. The van der Waals surface area contributed by atoms with Crippen molar-refractivity contribution in [2.24, 2.45) is 32.5 Å². The third-order valence-corrected chi connectivity index (χ3v) is 9.32. The minimum Gasteiger partial charge on any atom is -0.323 e. The maximum atomic E-state index is 13.8. The molecule has 0 bridgehead atoms.